The van der Waals surface area contributed by atoms with Crippen LogP contribution >= 0.6 is 11.6 Å². The van der Waals surface area contributed by atoms with Gasteiger partial charge in [-0.2, -0.15) is 5.10 Å². The van der Waals surface area contributed by atoms with Gasteiger partial charge in [-0.25, -0.2) is 0 Å². The van der Waals surface area contributed by atoms with Crippen LogP contribution < -0.4 is 0 Å². The smallest absolute Gasteiger partial charge is 0.0847 e. The van der Waals surface area contributed by atoms with Crippen molar-refractivity contribution in [2.24, 2.45) is 13.0 Å². The molecule has 102 valence electrons. The van der Waals surface area contributed by atoms with Crippen LogP contribution in [0.5, 0.6) is 0 Å². The number of halogens is 1. The Morgan fingerprint density at radius 1 is 1.32 bits per heavy atom. The van der Waals surface area contributed by atoms with Gasteiger partial charge in [0.05, 0.1) is 22.5 Å². The van der Waals surface area contributed by atoms with E-state index in [1.807, 2.05) is 51.2 Å². The molecule has 1 N–H and O–H groups in total. The van der Waals surface area contributed by atoms with E-state index < -0.39 is 6.10 Å². The fourth-order valence-corrected chi connectivity index (χ4v) is 2.53. The monoisotopic (exact) mass is 278 g/mol. The van der Waals surface area contributed by atoms with Crippen molar-refractivity contribution in [3.8, 4) is 0 Å². The van der Waals surface area contributed by atoms with E-state index in [0.717, 1.165) is 17.0 Å². The molecule has 0 saturated carbocycles. The summed E-state index contributed by atoms with van der Waals surface area (Å²) in [5.74, 6) is 0.0784. The fraction of sp³-hybridized carbons (Fsp3) is 0.400. The van der Waals surface area contributed by atoms with Crippen molar-refractivity contribution in [3.63, 3.8) is 0 Å². The summed E-state index contributed by atoms with van der Waals surface area (Å²) >= 11 is 6.24. The zero-order valence-electron chi connectivity index (χ0n) is 11.5. The van der Waals surface area contributed by atoms with Crippen LogP contribution in [0.25, 0.3) is 0 Å². The van der Waals surface area contributed by atoms with Crippen molar-refractivity contribution in [2.75, 3.05) is 0 Å². The second-order valence-corrected chi connectivity index (χ2v) is 5.38. The maximum atomic E-state index is 10.4. The number of aromatic nitrogens is 2. The molecule has 2 unspecified atom stereocenters. The molecule has 0 aliphatic rings. The second-order valence-electron chi connectivity index (χ2n) is 5.01. The summed E-state index contributed by atoms with van der Waals surface area (Å²) in [4.78, 5) is 0. The SMILES string of the molecule is Cc1nn(C)c(CC(C)C(O)c2ccccc2)c1Cl. The van der Waals surface area contributed by atoms with E-state index >= 15 is 0 Å². The molecule has 0 radical (unpaired) electrons. The van der Waals surface area contributed by atoms with Gasteiger partial charge in [-0.05, 0) is 24.8 Å². The van der Waals surface area contributed by atoms with Crippen LogP contribution in [0.1, 0.15) is 30.0 Å². The van der Waals surface area contributed by atoms with E-state index in [-0.39, 0.29) is 5.92 Å². The van der Waals surface area contributed by atoms with Crippen LogP contribution in [-0.4, -0.2) is 14.9 Å². The Balaban J connectivity index is 2.15. The molecule has 0 aliphatic carbocycles. The predicted octanol–water partition coefficient (Wildman–Crippen LogP) is 3.29. The largest absolute Gasteiger partial charge is 0.388 e. The van der Waals surface area contributed by atoms with Gasteiger partial charge in [0.25, 0.3) is 0 Å². The number of hydrogen-bond donors (Lipinski definition) is 1. The molecule has 2 aromatic rings. The molecule has 1 aromatic heterocycles. The molecule has 2 atom stereocenters. The number of rotatable bonds is 4. The van der Waals surface area contributed by atoms with Crippen molar-refractivity contribution in [2.45, 2.75) is 26.4 Å². The lowest BCUT2D eigenvalue weighted by molar-refractivity contribution is 0.116. The zero-order chi connectivity index (χ0) is 14.0. The molecule has 2 rings (SSSR count). The average Bonchev–Trinajstić information content (AvgIpc) is 2.65. The normalized spacial score (nSPS) is 14.4. The molecular weight excluding hydrogens is 260 g/mol. The number of aliphatic hydroxyl groups is 1. The molecule has 0 aliphatic heterocycles. The summed E-state index contributed by atoms with van der Waals surface area (Å²) in [5.41, 5.74) is 2.74. The number of aliphatic hydroxyl groups excluding tert-OH is 1. The highest BCUT2D eigenvalue weighted by molar-refractivity contribution is 6.31. The van der Waals surface area contributed by atoms with Crippen LogP contribution in [-0.2, 0) is 13.5 Å². The highest BCUT2D eigenvalue weighted by atomic mass is 35.5. The van der Waals surface area contributed by atoms with Crippen LogP contribution in [0.2, 0.25) is 5.02 Å². The van der Waals surface area contributed by atoms with Crippen LogP contribution in [0, 0.1) is 12.8 Å². The first kappa shape index (κ1) is 14.1. The summed E-state index contributed by atoms with van der Waals surface area (Å²) in [6.45, 7) is 3.92. The summed E-state index contributed by atoms with van der Waals surface area (Å²) in [7, 11) is 1.88. The predicted molar refractivity (Wildman–Crippen MR) is 77.2 cm³/mol. The first-order chi connectivity index (χ1) is 9.00. The van der Waals surface area contributed by atoms with Crippen LogP contribution in [0.3, 0.4) is 0 Å². The molecule has 1 aromatic carbocycles. The van der Waals surface area contributed by atoms with Gasteiger partial charge in [-0.15, -0.1) is 0 Å². The summed E-state index contributed by atoms with van der Waals surface area (Å²) in [5, 5.41) is 15.4. The Labute approximate surface area is 118 Å². The number of hydrogen-bond acceptors (Lipinski definition) is 2. The molecule has 4 heteroatoms. The molecule has 19 heavy (non-hydrogen) atoms. The van der Waals surface area contributed by atoms with Gasteiger partial charge >= 0.3 is 0 Å². The summed E-state index contributed by atoms with van der Waals surface area (Å²) < 4.78 is 1.80. The average molecular weight is 279 g/mol. The minimum atomic E-state index is -0.493. The molecule has 0 amide bonds. The van der Waals surface area contributed by atoms with E-state index in [1.165, 1.54) is 0 Å². The molecule has 0 saturated heterocycles. The van der Waals surface area contributed by atoms with Crippen LogP contribution in [0.15, 0.2) is 30.3 Å². The second kappa shape index (κ2) is 5.76. The molecule has 0 bridgehead atoms. The Morgan fingerprint density at radius 2 is 1.95 bits per heavy atom. The molecule has 0 spiro atoms. The van der Waals surface area contributed by atoms with Gasteiger partial charge in [0.15, 0.2) is 0 Å². The van der Waals surface area contributed by atoms with Crippen LogP contribution in [0.4, 0.5) is 0 Å². The lowest BCUT2D eigenvalue weighted by atomic mass is 9.93. The Kier molecular flexibility index (Phi) is 4.27. The van der Waals surface area contributed by atoms with Gasteiger partial charge in [-0.3, -0.25) is 4.68 Å². The third kappa shape index (κ3) is 2.99. The number of benzene rings is 1. The summed E-state index contributed by atoms with van der Waals surface area (Å²) in [6.07, 6.45) is 0.208. The zero-order valence-corrected chi connectivity index (χ0v) is 12.2. The van der Waals surface area contributed by atoms with E-state index in [1.54, 1.807) is 4.68 Å². The first-order valence-corrected chi connectivity index (χ1v) is 6.79. The minimum absolute atomic E-state index is 0.0784. The van der Waals surface area contributed by atoms with Gasteiger partial charge in [0.1, 0.15) is 0 Å². The van der Waals surface area contributed by atoms with Gasteiger partial charge in [-0.1, -0.05) is 48.9 Å². The third-order valence-corrected chi connectivity index (χ3v) is 3.95. The summed E-state index contributed by atoms with van der Waals surface area (Å²) in [6, 6.07) is 9.70. The highest BCUT2D eigenvalue weighted by Crippen LogP contribution is 2.28. The van der Waals surface area contributed by atoms with Gasteiger partial charge in [0, 0.05) is 7.05 Å². The lowest BCUT2D eigenvalue weighted by Gasteiger charge is -2.19. The molecular formula is C15H19ClN2O. The first-order valence-electron chi connectivity index (χ1n) is 6.41. The number of aryl methyl sites for hydroxylation is 2. The highest BCUT2D eigenvalue weighted by Gasteiger charge is 2.20. The maximum Gasteiger partial charge on any atom is 0.0847 e. The maximum absolute atomic E-state index is 10.4. The standard InChI is InChI=1S/C15H19ClN2O/c1-10(15(19)12-7-5-4-6-8-12)9-13-14(16)11(2)17-18(13)3/h4-8,10,15,19H,9H2,1-3H3. The van der Waals surface area contributed by atoms with Crippen molar-refractivity contribution in [1.29, 1.82) is 0 Å². The molecule has 3 nitrogen and oxygen atoms in total. The fourth-order valence-electron chi connectivity index (χ4n) is 2.30. The van der Waals surface area contributed by atoms with Gasteiger partial charge in [0.2, 0.25) is 0 Å². The topological polar surface area (TPSA) is 38.0 Å². The Bertz CT molecular complexity index is 551. The van der Waals surface area contributed by atoms with E-state index in [9.17, 15) is 5.11 Å². The molecule has 0 fully saturated rings. The van der Waals surface area contributed by atoms with Gasteiger partial charge < -0.3 is 5.11 Å². The van der Waals surface area contributed by atoms with E-state index in [0.29, 0.717) is 11.4 Å². The van der Waals surface area contributed by atoms with E-state index in [2.05, 4.69) is 5.10 Å². The van der Waals surface area contributed by atoms with Crippen molar-refractivity contribution in [1.82, 2.24) is 9.78 Å². The van der Waals surface area contributed by atoms with Crippen molar-refractivity contribution < 1.29 is 5.11 Å². The third-order valence-electron chi connectivity index (χ3n) is 3.46. The van der Waals surface area contributed by atoms with Crippen molar-refractivity contribution in [3.05, 3.63) is 52.3 Å². The molecule has 1 heterocycles. The quantitative estimate of drug-likeness (QED) is 0.932. The Hall–Kier alpha value is -1.32. The number of nitrogens with zero attached hydrogens (tertiary/aromatic N) is 2. The Morgan fingerprint density at radius 3 is 2.47 bits per heavy atom. The van der Waals surface area contributed by atoms with Crippen molar-refractivity contribution >= 4 is 11.6 Å². The minimum Gasteiger partial charge on any atom is -0.388 e. The lowest BCUT2D eigenvalue weighted by Crippen LogP contribution is -2.14. The van der Waals surface area contributed by atoms with E-state index in [4.69, 9.17) is 11.6 Å².